The molecule has 9 nitrogen and oxygen atoms in total. The molecule has 1 unspecified atom stereocenters. The molecular weight excluding hydrogens is 762 g/mol. The molecule has 0 N–H and O–H groups in total. The van der Waals surface area contributed by atoms with E-state index in [1.807, 2.05) is 21.1 Å². The number of rotatable bonds is 42. The van der Waals surface area contributed by atoms with Gasteiger partial charge in [-0.15, -0.1) is 0 Å². The third kappa shape index (κ3) is 45.1. The number of nitrogens with zero attached hydrogens (tertiary/aromatic N) is 1. The maximum absolute atomic E-state index is 12.7. The van der Waals surface area contributed by atoms with Crippen molar-refractivity contribution in [1.29, 1.82) is 0 Å². The highest BCUT2D eigenvalue weighted by molar-refractivity contribution is 7.45. The van der Waals surface area contributed by atoms with E-state index < -0.39 is 32.5 Å². The van der Waals surface area contributed by atoms with Crippen molar-refractivity contribution >= 4 is 19.8 Å². The van der Waals surface area contributed by atoms with E-state index in [-0.39, 0.29) is 26.1 Å². The smallest absolute Gasteiger partial charge is 0.306 e. The van der Waals surface area contributed by atoms with Crippen LogP contribution >= 0.6 is 7.82 Å². The number of esters is 2. The fraction of sp³-hybridized carbons (Fsp3) is 0.755. The van der Waals surface area contributed by atoms with Crippen LogP contribution in [0.5, 0.6) is 0 Å². The van der Waals surface area contributed by atoms with Gasteiger partial charge in [0.1, 0.15) is 19.8 Å². The van der Waals surface area contributed by atoms with E-state index in [0.29, 0.717) is 17.4 Å². The van der Waals surface area contributed by atoms with Gasteiger partial charge in [-0.3, -0.25) is 14.2 Å². The number of hydrogen-bond donors (Lipinski definition) is 0. The van der Waals surface area contributed by atoms with Crippen molar-refractivity contribution in [2.75, 3.05) is 47.5 Å². The minimum absolute atomic E-state index is 0.0390. The van der Waals surface area contributed by atoms with Crippen LogP contribution in [0.4, 0.5) is 0 Å². The number of hydrogen-bond acceptors (Lipinski definition) is 8. The minimum atomic E-state index is -4.64. The molecule has 0 saturated carbocycles. The van der Waals surface area contributed by atoms with E-state index in [1.54, 1.807) is 0 Å². The molecule has 0 rings (SSSR count). The van der Waals surface area contributed by atoms with Gasteiger partial charge < -0.3 is 27.9 Å². The van der Waals surface area contributed by atoms with Gasteiger partial charge in [0.25, 0.3) is 7.82 Å². The number of allylic oxidation sites excluding steroid dienone is 10. The Bertz CT molecular complexity index is 1190. The number of carbonyl (C=O) groups excluding carboxylic acids is 2. The molecule has 0 radical (unpaired) electrons. The summed E-state index contributed by atoms with van der Waals surface area (Å²) in [6, 6.07) is 0. The monoisotopic (exact) mass is 850 g/mol. The summed E-state index contributed by atoms with van der Waals surface area (Å²) in [4.78, 5) is 37.6. The van der Waals surface area contributed by atoms with E-state index >= 15 is 0 Å². The van der Waals surface area contributed by atoms with Crippen LogP contribution in [-0.4, -0.2) is 70.0 Å². The van der Waals surface area contributed by atoms with E-state index in [2.05, 4.69) is 74.6 Å². The first-order valence-electron chi connectivity index (χ1n) is 23.5. The molecule has 10 heteroatoms. The zero-order chi connectivity index (χ0) is 43.6. The van der Waals surface area contributed by atoms with Gasteiger partial charge in [0.05, 0.1) is 27.7 Å². The van der Waals surface area contributed by atoms with Crippen molar-refractivity contribution in [2.45, 2.75) is 193 Å². The molecule has 0 bridgehead atoms. The van der Waals surface area contributed by atoms with Crippen molar-refractivity contribution in [2.24, 2.45) is 0 Å². The molecule has 0 fully saturated rings. The summed E-state index contributed by atoms with van der Waals surface area (Å²) in [5.41, 5.74) is 0. The van der Waals surface area contributed by atoms with Crippen molar-refractivity contribution in [3.8, 4) is 0 Å². The quantitative estimate of drug-likeness (QED) is 0.0196. The van der Waals surface area contributed by atoms with Crippen LogP contribution in [-0.2, 0) is 32.7 Å². The van der Waals surface area contributed by atoms with Crippen LogP contribution in [0.1, 0.15) is 187 Å². The maximum Gasteiger partial charge on any atom is 0.306 e. The summed E-state index contributed by atoms with van der Waals surface area (Å²) in [5, 5.41) is 0. The van der Waals surface area contributed by atoms with Crippen LogP contribution in [0.3, 0.4) is 0 Å². The predicted molar refractivity (Wildman–Crippen MR) is 245 cm³/mol. The van der Waals surface area contributed by atoms with Crippen molar-refractivity contribution in [1.82, 2.24) is 0 Å². The Morgan fingerprint density at radius 2 is 0.966 bits per heavy atom. The maximum atomic E-state index is 12.7. The second-order valence-corrected chi connectivity index (χ2v) is 18.2. The second kappa shape index (κ2) is 41.1. The van der Waals surface area contributed by atoms with E-state index in [4.69, 9.17) is 18.5 Å². The first kappa shape index (κ1) is 56.7. The van der Waals surface area contributed by atoms with Gasteiger partial charge in [0.2, 0.25) is 0 Å². The van der Waals surface area contributed by atoms with Crippen molar-refractivity contribution in [3.63, 3.8) is 0 Å². The molecule has 0 aliphatic heterocycles. The van der Waals surface area contributed by atoms with Crippen LogP contribution < -0.4 is 4.89 Å². The highest BCUT2D eigenvalue weighted by atomic mass is 31.2. The molecule has 0 aliphatic rings. The van der Waals surface area contributed by atoms with Crippen molar-refractivity contribution in [3.05, 3.63) is 60.8 Å². The Balaban J connectivity index is 4.39. The lowest BCUT2D eigenvalue weighted by atomic mass is 10.0. The number of phosphoric ester groups is 1. The van der Waals surface area contributed by atoms with Crippen LogP contribution in [0, 0.1) is 0 Å². The molecule has 0 heterocycles. The summed E-state index contributed by atoms with van der Waals surface area (Å²) >= 11 is 0. The third-order valence-corrected chi connectivity index (χ3v) is 10.8. The van der Waals surface area contributed by atoms with Gasteiger partial charge in [-0.2, -0.15) is 0 Å². The zero-order valence-corrected chi connectivity index (χ0v) is 39.3. The minimum Gasteiger partial charge on any atom is -0.756 e. The summed E-state index contributed by atoms with van der Waals surface area (Å²) in [6.45, 7) is 4.08. The lowest BCUT2D eigenvalue weighted by molar-refractivity contribution is -0.870. The van der Waals surface area contributed by atoms with Crippen LogP contribution in [0.2, 0.25) is 0 Å². The molecule has 2 atom stereocenters. The first-order valence-corrected chi connectivity index (χ1v) is 25.0. The first-order chi connectivity index (χ1) is 28.5. The highest BCUT2D eigenvalue weighted by Crippen LogP contribution is 2.38. The summed E-state index contributed by atoms with van der Waals surface area (Å²) in [5.74, 6) is -0.870. The van der Waals surface area contributed by atoms with Gasteiger partial charge in [0.15, 0.2) is 6.10 Å². The highest BCUT2D eigenvalue weighted by Gasteiger charge is 2.21. The fourth-order valence-electron chi connectivity index (χ4n) is 6.15. The Labute approximate surface area is 362 Å². The molecule has 0 saturated heterocycles. The summed E-state index contributed by atoms with van der Waals surface area (Å²) in [6.07, 6.45) is 49.6. The molecule has 0 aromatic rings. The van der Waals surface area contributed by atoms with Gasteiger partial charge in [-0.1, -0.05) is 177 Å². The number of ether oxygens (including phenoxy) is 2. The molecule has 59 heavy (non-hydrogen) atoms. The molecule has 342 valence electrons. The molecule has 0 aliphatic carbocycles. The third-order valence-electron chi connectivity index (χ3n) is 9.80. The lowest BCUT2D eigenvalue weighted by Crippen LogP contribution is -2.37. The van der Waals surface area contributed by atoms with E-state index in [9.17, 15) is 19.0 Å². The second-order valence-electron chi connectivity index (χ2n) is 16.7. The number of carbonyl (C=O) groups is 2. The van der Waals surface area contributed by atoms with Gasteiger partial charge in [-0.05, 0) is 57.8 Å². The van der Waals surface area contributed by atoms with Gasteiger partial charge >= 0.3 is 11.9 Å². The Morgan fingerprint density at radius 1 is 0.542 bits per heavy atom. The molecular formula is C49H88NO8P. The molecule has 0 aromatic heterocycles. The molecule has 0 amide bonds. The Kier molecular flexibility index (Phi) is 39.5. The topological polar surface area (TPSA) is 111 Å². The predicted octanol–water partition coefficient (Wildman–Crippen LogP) is 13.0. The van der Waals surface area contributed by atoms with Crippen LogP contribution in [0.25, 0.3) is 0 Å². The lowest BCUT2D eigenvalue weighted by Gasteiger charge is -2.28. The normalized spacial score (nSPS) is 14.1. The van der Waals surface area contributed by atoms with E-state index in [0.717, 1.165) is 70.6 Å². The van der Waals surface area contributed by atoms with Crippen molar-refractivity contribution < 1.29 is 42.1 Å². The zero-order valence-electron chi connectivity index (χ0n) is 38.4. The van der Waals surface area contributed by atoms with Gasteiger partial charge in [0, 0.05) is 12.8 Å². The number of phosphoric acid groups is 1. The standard InChI is InChI=1S/C49H88NO8P/c1-6-8-10-12-14-16-18-20-22-24-25-26-28-30-32-34-36-38-40-42-49(52)58-47(46-57-59(53,54)56-44-43-50(3,4)5)45-55-48(51)41-39-37-35-33-31-29-27-23-21-19-17-15-13-11-9-7-2/h8,10,14,16,20,22,25-26,30,32,47H,6-7,9,11-13,15,17-19,21,23-24,27-29,31,33-46H2,1-5H3/b10-8+,16-14+,22-20+,26-25+,32-30+/t47-/m1/s1. The van der Waals surface area contributed by atoms with E-state index in [1.165, 1.54) is 83.5 Å². The number of unbranched alkanes of at least 4 members (excludes halogenated alkanes) is 18. The van der Waals surface area contributed by atoms with Crippen LogP contribution in [0.15, 0.2) is 60.8 Å². The SMILES string of the molecule is CC/C=C/C/C=C/C/C=C/C/C=C/C/C=C/CCCCCC(=O)O[C@H](COC(=O)CCCCCCCCCCCCCCCCCC)COP(=O)([O-])OCC[N+](C)(C)C. The summed E-state index contributed by atoms with van der Waals surface area (Å²) < 4.78 is 33.9. The average molecular weight is 850 g/mol. The Hall–Kier alpha value is -2.29. The number of likely N-dealkylation sites (N-methyl/N-ethyl adjacent to an activating group) is 1. The average Bonchev–Trinajstić information content (AvgIpc) is 3.19. The Morgan fingerprint density at radius 3 is 1.44 bits per heavy atom. The number of quaternary nitrogens is 1. The van der Waals surface area contributed by atoms with Gasteiger partial charge in [-0.25, -0.2) is 0 Å². The summed E-state index contributed by atoms with van der Waals surface area (Å²) in [7, 11) is 1.14. The fourth-order valence-corrected chi connectivity index (χ4v) is 6.88. The molecule has 0 spiro atoms. The largest absolute Gasteiger partial charge is 0.756 e. The molecule has 0 aromatic carbocycles.